The molecule has 0 unspecified atom stereocenters. The van der Waals surface area contributed by atoms with E-state index in [4.69, 9.17) is 23.2 Å². The number of thiophene rings is 1. The summed E-state index contributed by atoms with van der Waals surface area (Å²) in [4.78, 5) is 0. The molecule has 0 atom stereocenters. The van der Waals surface area contributed by atoms with Crippen molar-refractivity contribution in [3.63, 3.8) is 0 Å². The predicted octanol–water partition coefficient (Wildman–Crippen LogP) is 7.17. The Balaban J connectivity index is 3.33. The minimum absolute atomic E-state index is 0.456. The van der Waals surface area contributed by atoms with E-state index in [1.54, 1.807) is 13.1 Å². The summed E-state index contributed by atoms with van der Waals surface area (Å²) < 4.78 is 32.7. The van der Waals surface area contributed by atoms with Crippen molar-refractivity contribution in [3.05, 3.63) is 14.7 Å². The zero-order valence-electron chi connectivity index (χ0n) is 15.8. The molecule has 0 N–H and O–H groups in total. The van der Waals surface area contributed by atoms with E-state index in [0.29, 0.717) is 14.4 Å². The van der Waals surface area contributed by atoms with E-state index in [2.05, 4.69) is 20.8 Å². The van der Waals surface area contributed by atoms with Crippen LogP contribution in [0.15, 0.2) is 6.07 Å². The number of anilines is 1. The van der Waals surface area contributed by atoms with Gasteiger partial charge < -0.3 is 0 Å². The van der Waals surface area contributed by atoms with Crippen molar-refractivity contribution in [2.45, 2.75) is 72.6 Å². The Morgan fingerprint density at radius 2 is 1.44 bits per heavy atom. The molecule has 0 aliphatic heterocycles. The number of halogens is 2. The summed E-state index contributed by atoms with van der Waals surface area (Å²) in [5.74, 6) is 0. The monoisotopic (exact) mass is 535 g/mol. The molecule has 0 bridgehead atoms. The van der Waals surface area contributed by atoms with Gasteiger partial charge in [-0.15, -0.1) is 0 Å². The van der Waals surface area contributed by atoms with Crippen LogP contribution in [0.25, 0.3) is 0 Å². The van der Waals surface area contributed by atoms with Gasteiger partial charge in [-0.05, 0) is 0 Å². The van der Waals surface area contributed by atoms with Crippen LogP contribution in [0.5, 0.6) is 0 Å². The molecule has 1 heterocycles. The van der Waals surface area contributed by atoms with Gasteiger partial charge in [0.2, 0.25) is 0 Å². The van der Waals surface area contributed by atoms with Gasteiger partial charge in [-0.3, -0.25) is 0 Å². The Hall–Kier alpha value is 0.829. The molecule has 0 fully saturated rings. The van der Waals surface area contributed by atoms with Gasteiger partial charge in [0, 0.05) is 0 Å². The Labute approximate surface area is 170 Å². The van der Waals surface area contributed by atoms with E-state index in [0.717, 1.165) is 51.8 Å². The summed E-state index contributed by atoms with van der Waals surface area (Å²) in [5.41, 5.74) is 0.544. The second-order valence-corrected chi connectivity index (χ2v) is 31.7. The number of unbranched alkanes of at least 4 members (excludes halogenated alkanes) is 3. The molecule has 0 spiro atoms. The third-order valence-corrected chi connectivity index (χ3v) is 35.0. The van der Waals surface area contributed by atoms with Gasteiger partial charge in [-0.2, -0.15) is 0 Å². The van der Waals surface area contributed by atoms with Crippen LogP contribution < -0.4 is 4.31 Å². The van der Waals surface area contributed by atoms with Crippen LogP contribution in [0.4, 0.5) is 5.69 Å². The first kappa shape index (κ1) is 23.9. The Morgan fingerprint density at radius 1 is 1.00 bits per heavy atom. The second kappa shape index (κ2) is 11.0. The van der Waals surface area contributed by atoms with Gasteiger partial charge in [0.1, 0.15) is 0 Å². The van der Waals surface area contributed by atoms with Crippen LogP contribution in [-0.2, 0) is 7.21 Å². The molecule has 0 radical (unpaired) electrons. The fourth-order valence-electron chi connectivity index (χ4n) is 3.22. The van der Waals surface area contributed by atoms with Crippen LogP contribution in [0.1, 0.15) is 59.3 Å². The number of hydrogen-bond acceptors (Lipinski definition) is 3. The molecule has 0 saturated carbocycles. The molecular formula is C17H31Cl2NO2S2Sn. The molecule has 8 heteroatoms. The summed E-state index contributed by atoms with van der Waals surface area (Å²) in [6, 6.07) is 1.68. The zero-order valence-corrected chi connectivity index (χ0v) is 21.8. The van der Waals surface area contributed by atoms with Gasteiger partial charge >= 0.3 is 172 Å². The van der Waals surface area contributed by atoms with Gasteiger partial charge in [-0.1, -0.05) is 0 Å². The SMILES string of the molecule is CCC[CH2][Sn]([CH2]CCC)([CH2]CCC)[S](=O)(=O)N(C)c1cc(Cl)sc1Cl. The van der Waals surface area contributed by atoms with Crippen molar-refractivity contribution in [1.29, 1.82) is 0 Å². The summed E-state index contributed by atoms with van der Waals surface area (Å²) in [5, 5.41) is 0. The molecule has 0 aliphatic carbocycles. The van der Waals surface area contributed by atoms with Crippen LogP contribution in [0, 0.1) is 0 Å². The van der Waals surface area contributed by atoms with Crippen molar-refractivity contribution in [2.75, 3.05) is 11.4 Å². The Bertz CT molecular complexity index is 613. The first-order valence-corrected chi connectivity index (χ1v) is 21.7. The number of hydrogen-bond donors (Lipinski definition) is 0. The van der Waals surface area contributed by atoms with Crippen LogP contribution in [0.2, 0.25) is 22.0 Å². The molecule has 0 amide bonds. The van der Waals surface area contributed by atoms with Crippen molar-refractivity contribution >= 4 is 64.4 Å². The van der Waals surface area contributed by atoms with E-state index in [1.165, 1.54) is 15.6 Å². The predicted molar refractivity (Wildman–Crippen MR) is 117 cm³/mol. The minimum atomic E-state index is -3.48. The van der Waals surface area contributed by atoms with E-state index < -0.39 is 24.2 Å². The Morgan fingerprint density at radius 3 is 1.76 bits per heavy atom. The summed E-state index contributed by atoms with van der Waals surface area (Å²) in [7, 11) is -1.67. The first-order valence-electron chi connectivity index (χ1n) is 9.19. The number of nitrogens with zero attached hydrogens (tertiary/aromatic N) is 1. The van der Waals surface area contributed by atoms with E-state index in [1.807, 2.05) is 0 Å². The quantitative estimate of drug-likeness (QED) is 0.267. The molecule has 1 aromatic heterocycles. The van der Waals surface area contributed by atoms with Crippen molar-refractivity contribution < 1.29 is 8.42 Å². The van der Waals surface area contributed by atoms with Gasteiger partial charge in [0.15, 0.2) is 0 Å². The molecule has 146 valence electrons. The standard InChI is InChI=1S/C5H4Cl2NO2S2.3C4H9.Sn/c1-8(12(9)10)3-2-4(6)11-5(3)7;3*1-3-4-2;/h2H,1H3;3*1,3-4H2,2H3;. The summed E-state index contributed by atoms with van der Waals surface area (Å²) in [6.07, 6.45) is 6.15. The second-order valence-electron chi connectivity index (χ2n) is 6.68. The van der Waals surface area contributed by atoms with Gasteiger partial charge in [0.25, 0.3) is 0 Å². The molecule has 0 aliphatic rings. The van der Waals surface area contributed by atoms with Crippen LogP contribution in [-0.4, -0.2) is 32.5 Å². The molecule has 0 aromatic carbocycles. The molecule has 1 rings (SSSR count). The summed E-state index contributed by atoms with van der Waals surface area (Å²) in [6.45, 7) is 6.42. The number of rotatable bonds is 12. The Kier molecular flexibility index (Phi) is 10.5. The van der Waals surface area contributed by atoms with Crippen molar-refractivity contribution in [2.24, 2.45) is 0 Å². The third-order valence-electron chi connectivity index (χ3n) is 4.84. The van der Waals surface area contributed by atoms with Gasteiger partial charge in [0.05, 0.1) is 0 Å². The van der Waals surface area contributed by atoms with E-state index >= 15 is 0 Å². The first-order chi connectivity index (χ1) is 11.8. The average molecular weight is 535 g/mol. The fourth-order valence-corrected chi connectivity index (χ4v) is 32.6. The normalized spacial score (nSPS) is 12.6. The molecule has 25 heavy (non-hydrogen) atoms. The van der Waals surface area contributed by atoms with E-state index in [-0.39, 0.29) is 0 Å². The van der Waals surface area contributed by atoms with E-state index in [9.17, 15) is 8.42 Å². The zero-order chi connectivity index (χ0) is 19.1. The molecule has 0 saturated heterocycles. The average Bonchev–Trinajstić information content (AvgIpc) is 2.91. The van der Waals surface area contributed by atoms with Crippen LogP contribution >= 0.6 is 34.5 Å². The fraction of sp³-hybridized carbons (Fsp3) is 0.765. The summed E-state index contributed by atoms with van der Waals surface area (Å²) >= 11 is 10.1. The van der Waals surface area contributed by atoms with Crippen molar-refractivity contribution in [1.82, 2.24) is 0 Å². The molecular weight excluding hydrogens is 504 g/mol. The third kappa shape index (κ3) is 5.90. The topological polar surface area (TPSA) is 37.4 Å². The van der Waals surface area contributed by atoms with Crippen molar-refractivity contribution in [3.8, 4) is 0 Å². The van der Waals surface area contributed by atoms with Crippen LogP contribution in [0.3, 0.4) is 0 Å². The maximum absolute atomic E-state index is 13.8. The molecule has 3 nitrogen and oxygen atoms in total. The molecule has 1 aromatic rings. The van der Waals surface area contributed by atoms with Gasteiger partial charge in [-0.25, -0.2) is 0 Å². The maximum atomic E-state index is 13.8.